The predicted molar refractivity (Wildman–Crippen MR) is 134 cm³/mol. The first-order chi connectivity index (χ1) is 16.5. The van der Waals surface area contributed by atoms with Gasteiger partial charge in [0.15, 0.2) is 9.84 Å². The van der Waals surface area contributed by atoms with Gasteiger partial charge in [-0.2, -0.15) is 0 Å². The second-order valence-corrected chi connectivity index (χ2v) is 11.0. The molecule has 1 saturated heterocycles. The zero-order valence-corrected chi connectivity index (χ0v) is 20.2. The lowest BCUT2D eigenvalue weighted by molar-refractivity contribution is 0.235. The number of pyridine rings is 1. The Morgan fingerprint density at radius 3 is 2.44 bits per heavy atom. The third kappa shape index (κ3) is 5.22. The van der Waals surface area contributed by atoms with Gasteiger partial charge in [0, 0.05) is 49.2 Å². The number of fused-ring (bicyclic) bond motifs is 1. The number of furan rings is 1. The van der Waals surface area contributed by atoms with Crippen LogP contribution in [0.3, 0.4) is 0 Å². The van der Waals surface area contributed by atoms with Crippen molar-refractivity contribution in [2.24, 2.45) is 0 Å². The van der Waals surface area contributed by atoms with E-state index in [2.05, 4.69) is 39.0 Å². The lowest BCUT2D eigenvalue weighted by Crippen LogP contribution is -2.30. The molecule has 1 aliphatic heterocycles. The van der Waals surface area contributed by atoms with Crippen molar-refractivity contribution in [1.82, 2.24) is 14.8 Å². The normalized spacial score (nSPS) is 16.0. The van der Waals surface area contributed by atoms with E-state index in [1.807, 2.05) is 30.5 Å². The molecule has 5 rings (SSSR count). The van der Waals surface area contributed by atoms with E-state index in [1.165, 1.54) is 6.26 Å². The molecule has 0 bridgehead atoms. The molecule has 0 amide bonds. The summed E-state index contributed by atoms with van der Waals surface area (Å²) in [6, 6.07) is 19.7. The van der Waals surface area contributed by atoms with E-state index in [0.717, 1.165) is 72.6 Å². The van der Waals surface area contributed by atoms with Crippen LogP contribution in [0.2, 0.25) is 0 Å². The Morgan fingerprint density at radius 2 is 1.68 bits per heavy atom. The summed E-state index contributed by atoms with van der Waals surface area (Å²) in [7, 11) is -3.23. The average molecular weight is 476 g/mol. The molecule has 0 radical (unpaired) electrons. The van der Waals surface area contributed by atoms with Gasteiger partial charge in [0.25, 0.3) is 0 Å². The number of rotatable bonds is 6. The second-order valence-electron chi connectivity index (χ2n) is 8.99. The zero-order valence-electron chi connectivity index (χ0n) is 19.4. The minimum atomic E-state index is -3.23. The van der Waals surface area contributed by atoms with Crippen LogP contribution in [0.15, 0.2) is 82.4 Å². The number of benzene rings is 2. The molecule has 2 aromatic heterocycles. The molecule has 0 spiro atoms. The lowest BCUT2D eigenvalue weighted by atomic mass is 10.1. The molecular weight excluding hydrogens is 446 g/mol. The highest BCUT2D eigenvalue weighted by Gasteiger charge is 2.19. The highest BCUT2D eigenvalue weighted by atomic mass is 32.2. The van der Waals surface area contributed by atoms with E-state index in [-0.39, 0.29) is 0 Å². The fraction of sp³-hybridized carbons (Fsp3) is 0.296. The summed E-state index contributed by atoms with van der Waals surface area (Å²) in [4.78, 5) is 9.42. The van der Waals surface area contributed by atoms with Crippen molar-refractivity contribution in [3.8, 4) is 11.1 Å². The van der Waals surface area contributed by atoms with E-state index < -0.39 is 9.84 Å². The Balaban J connectivity index is 1.24. The fourth-order valence-corrected chi connectivity index (χ4v) is 5.62. The molecule has 3 heterocycles. The van der Waals surface area contributed by atoms with Crippen molar-refractivity contribution >= 4 is 20.8 Å². The van der Waals surface area contributed by atoms with Crippen LogP contribution in [-0.2, 0) is 22.9 Å². The third-order valence-electron chi connectivity index (χ3n) is 6.39. The Kier molecular flexibility index (Phi) is 6.50. The van der Waals surface area contributed by atoms with Gasteiger partial charge in [-0.15, -0.1) is 0 Å². The molecule has 6 nitrogen and oxygen atoms in total. The van der Waals surface area contributed by atoms with Gasteiger partial charge in [0.1, 0.15) is 11.3 Å². The van der Waals surface area contributed by atoms with Crippen molar-refractivity contribution in [3.05, 3.63) is 84.4 Å². The van der Waals surface area contributed by atoms with Gasteiger partial charge in [0.05, 0.1) is 11.4 Å². The molecule has 34 heavy (non-hydrogen) atoms. The maximum atomic E-state index is 12.2. The van der Waals surface area contributed by atoms with Crippen molar-refractivity contribution in [2.45, 2.75) is 24.4 Å². The van der Waals surface area contributed by atoms with Crippen LogP contribution in [0, 0.1) is 0 Å². The van der Waals surface area contributed by atoms with Gasteiger partial charge in [-0.1, -0.05) is 30.3 Å². The van der Waals surface area contributed by atoms with Crippen LogP contribution >= 0.6 is 0 Å². The smallest absolute Gasteiger partial charge is 0.175 e. The van der Waals surface area contributed by atoms with Gasteiger partial charge < -0.3 is 4.42 Å². The first kappa shape index (κ1) is 22.8. The maximum absolute atomic E-state index is 12.2. The molecule has 0 N–H and O–H groups in total. The molecule has 1 aliphatic rings. The summed E-state index contributed by atoms with van der Waals surface area (Å²) in [6.07, 6.45) is 5.97. The molecule has 7 heteroatoms. The quantitative estimate of drug-likeness (QED) is 0.406. The summed E-state index contributed by atoms with van der Waals surface area (Å²) in [5.74, 6) is 0.967. The molecule has 1 fully saturated rings. The summed E-state index contributed by atoms with van der Waals surface area (Å²) in [5, 5.41) is 1.10. The number of nitrogens with zero attached hydrogens (tertiary/aromatic N) is 3. The van der Waals surface area contributed by atoms with Crippen LogP contribution in [0.1, 0.15) is 17.7 Å². The lowest BCUT2D eigenvalue weighted by Gasteiger charge is -2.22. The molecule has 0 unspecified atom stereocenters. The monoisotopic (exact) mass is 475 g/mol. The van der Waals surface area contributed by atoms with Crippen LogP contribution < -0.4 is 0 Å². The van der Waals surface area contributed by atoms with Gasteiger partial charge in [-0.05, 0) is 61.0 Å². The van der Waals surface area contributed by atoms with Gasteiger partial charge in [-0.3, -0.25) is 14.8 Å². The third-order valence-corrected chi connectivity index (χ3v) is 7.59. The maximum Gasteiger partial charge on any atom is 0.175 e. The van der Waals surface area contributed by atoms with Crippen molar-refractivity contribution < 1.29 is 12.8 Å². The Morgan fingerprint density at radius 1 is 0.882 bits per heavy atom. The van der Waals surface area contributed by atoms with Gasteiger partial charge in [0.2, 0.25) is 0 Å². The minimum Gasteiger partial charge on any atom is -0.460 e. The van der Waals surface area contributed by atoms with Crippen molar-refractivity contribution in [1.29, 1.82) is 0 Å². The summed E-state index contributed by atoms with van der Waals surface area (Å²) < 4.78 is 30.4. The largest absolute Gasteiger partial charge is 0.460 e. The topological polar surface area (TPSA) is 66.7 Å². The Bertz CT molecular complexity index is 1380. The highest BCUT2D eigenvalue weighted by Crippen LogP contribution is 2.27. The molecular formula is C27H29N3O3S. The first-order valence-electron chi connectivity index (χ1n) is 11.6. The van der Waals surface area contributed by atoms with Crippen LogP contribution in [-0.4, -0.2) is 55.6 Å². The SMILES string of the molecule is CS(=O)(=O)c1ccccc1CN1CCCN(Cc2cc3cc(-c4cccnc4)ccc3o2)CC1. The molecule has 4 aromatic rings. The van der Waals surface area contributed by atoms with Gasteiger partial charge in [-0.25, -0.2) is 8.42 Å². The zero-order chi connectivity index (χ0) is 23.5. The predicted octanol–water partition coefficient (Wildman–Crippen LogP) is 4.61. The molecule has 2 aromatic carbocycles. The van der Waals surface area contributed by atoms with Crippen LogP contribution in [0.4, 0.5) is 0 Å². The second kappa shape index (κ2) is 9.70. The number of hydrogen-bond donors (Lipinski definition) is 0. The Labute approximate surface area is 200 Å². The average Bonchev–Trinajstić information content (AvgIpc) is 3.11. The van der Waals surface area contributed by atoms with Crippen LogP contribution in [0.25, 0.3) is 22.1 Å². The van der Waals surface area contributed by atoms with Gasteiger partial charge >= 0.3 is 0 Å². The first-order valence-corrected chi connectivity index (χ1v) is 13.5. The summed E-state index contributed by atoms with van der Waals surface area (Å²) >= 11 is 0. The van der Waals surface area contributed by atoms with E-state index in [0.29, 0.717) is 11.4 Å². The number of hydrogen-bond acceptors (Lipinski definition) is 6. The summed E-state index contributed by atoms with van der Waals surface area (Å²) in [6.45, 7) is 5.16. The van der Waals surface area contributed by atoms with E-state index in [4.69, 9.17) is 4.42 Å². The van der Waals surface area contributed by atoms with E-state index in [1.54, 1.807) is 18.3 Å². The molecule has 176 valence electrons. The Hall–Kier alpha value is -3.00. The van der Waals surface area contributed by atoms with Crippen molar-refractivity contribution in [2.75, 3.05) is 32.4 Å². The highest BCUT2D eigenvalue weighted by molar-refractivity contribution is 7.90. The number of sulfone groups is 1. The molecule has 0 aliphatic carbocycles. The fourth-order valence-electron chi connectivity index (χ4n) is 4.69. The van der Waals surface area contributed by atoms with Crippen LogP contribution in [0.5, 0.6) is 0 Å². The van der Waals surface area contributed by atoms with Crippen molar-refractivity contribution in [3.63, 3.8) is 0 Å². The molecule has 0 saturated carbocycles. The standard InChI is InChI=1S/C27H29N3O3S/c1-34(31,32)27-8-3-2-6-23(27)19-29-12-5-13-30(15-14-29)20-25-17-24-16-21(9-10-26(24)33-25)22-7-4-11-28-18-22/h2-4,6-11,16-18H,5,12-15,19-20H2,1H3. The van der Waals surface area contributed by atoms with E-state index >= 15 is 0 Å². The van der Waals surface area contributed by atoms with E-state index in [9.17, 15) is 8.42 Å². The summed E-state index contributed by atoms with van der Waals surface area (Å²) in [5.41, 5.74) is 4.00. The minimum absolute atomic E-state index is 0.434. The molecule has 0 atom stereocenters. The number of aromatic nitrogens is 1.